The van der Waals surface area contributed by atoms with E-state index < -0.39 is 15.6 Å². The van der Waals surface area contributed by atoms with Gasteiger partial charge in [0, 0.05) is 42.8 Å². The van der Waals surface area contributed by atoms with Gasteiger partial charge in [0.25, 0.3) is 5.91 Å². The lowest BCUT2D eigenvalue weighted by Crippen LogP contribution is -2.49. The van der Waals surface area contributed by atoms with Crippen LogP contribution in [-0.2, 0) is 31.1 Å². The molecule has 2 aromatic carbocycles. The average Bonchev–Trinajstić information content (AvgIpc) is 3.87. The van der Waals surface area contributed by atoms with E-state index in [0.29, 0.717) is 36.8 Å². The highest BCUT2D eigenvalue weighted by molar-refractivity contribution is 7.94. The number of Topliss-reactive ketones (excluding diaryl/α,β-unsaturated/α-hetero) is 1. The molecule has 1 spiro atoms. The van der Waals surface area contributed by atoms with E-state index >= 15 is 0 Å². The van der Waals surface area contributed by atoms with E-state index in [0.717, 1.165) is 69.5 Å². The van der Waals surface area contributed by atoms with Crippen LogP contribution in [0.4, 0.5) is 5.69 Å². The fourth-order valence-corrected chi connectivity index (χ4v) is 10.1. The van der Waals surface area contributed by atoms with Crippen LogP contribution >= 0.6 is 0 Å². The van der Waals surface area contributed by atoms with E-state index in [2.05, 4.69) is 46.5 Å². The van der Waals surface area contributed by atoms with Crippen LogP contribution in [0, 0.1) is 24.7 Å². The van der Waals surface area contributed by atoms with E-state index in [1.807, 2.05) is 12.1 Å². The Hall–Kier alpha value is -2.97. The predicted octanol–water partition coefficient (Wildman–Crippen LogP) is 6.45. The summed E-state index contributed by atoms with van der Waals surface area (Å²) in [5, 5.41) is 0. The van der Waals surface area contributed by atoms with Gasteiger partial charge in [-0.05, 0) is 106 Å². The summed E-state index contributed by atoms with van der Waals surface area (Å²) >= 11 is 0. The second-order valence-corrected chi connectivity index (χ2v) is 16.6. The molecule has 2 fully saturated rings. The Morgan fingerprint density at radius 2 is 2.00 bits per heavy atom. The standard InChI is InChI=1S/C37H46N2O5S/c1-25-9-15-31-27(19-25)7-6-17-37(31)23-39-21-29-12-14-30(29)34(43-2)8-4-3-5-18-45(42,22-33(40)26-10-11-26)38-36(41)28-13-16-35(44-24-37)32(39)20-28/h4,8-9,13,15-16,19-20,26,29-30,34H,3,5-7,10-12,14,17-18,21-24H2,1-2H3/b8-4+/t29-,30+,34-,37-,45+/m0/s1. The van der Waals surface area contributed by atoms with Gasteiger partial charge in [0.2, 0.25) is 0 Å². The van der Waals surface area contributed by atoms with Crippen molar-refractivity contribution in [2.24, 2.45) is 22.1 Å². The third-order valence-electron chi connectivity index (χ3n) is 10.9. The number of anilines is 1. The Bertz CT molecular complexity index is 1640. The lowest BCUT2D eigenvalue weighted by Gasteiger charge is -2.46. The first-order chi connectivity index (χ1) is 21.8. The second-order valence-electron chi connectivity index (χ2n) is 14.2. The van der Waals surface area contributed by atoms with Crippen LogP contribution in [-0.4, -0.2) is 60.3 Å². The molecule has 2 aromatic rings. The molecule has 5 atom stereocenters. The minimum atomic E-state index is -3.03. The van der Waals surface area contributed by atoms with Crippen LogP contribution in [0.1, 0.15) is 78.4 Å². The zero-order valence-electron chi connectivity index (χ0n) is 26.7. The first-order valence-electron chi connectivity index (χ1n) is 16.9. The van der Waals surface area contributed by atoms with E-state index in [1.54, 1.807) is 13.2 Å². The number of nitrogens with zero attached hydrogens (tertiary/aromatic N) is 2. The number of fused-ring (bicyclic) bond motifs is 4. The van der Waals surface area contributed by atoms with Crippen LogP contribution in [0.25, 0.3) is 0 Å². The van der Waals surface area contributed by atoms with Gasteiger partial charge in [-0.1, -0.05) is 35.9 Å². The maximum absolute atomic E-state index is 14.1. The summed E-state index contributed by atoms with van der Waals surface area (Å²) in [6.45, 7) is 4.39. The Morgan fingerprint density at radius 3 is 2.78 bits per heavy atom. The van der Waals surface area contributed by atoms with Gasteiger partial charge in [0.1, 0.15) is 11.5 Å². The van der Waals surface area contributed by atoms with E-state index in [-0.39, 0.29) is 34.7 Å². The van der Waals surface area contributed by atoms with Gasteiger partial charge in [-0.2, -0.15) is 4.36 Å². The number of amides is 1. The van der Waals surface area contributed by atoms with Gasteiger partial charge in [-0.15, -0.1) is 0 Å². The Balaban J connectivity index is 1.30. The van der Waals surface area contributed by atoms with Crippen LogP contribution in [0.5, 0.6) is 5.75 Å². The molecule has 0 radical (unpaired) electrons. The largest absolute Gasteiger partial charge is 0.490 e. The number of benzene rings is 2. The summed E-state index contributed by atoms with van der Waals surface area (Å²) in [5.41, 5.74) is 5.22. The summed E-state index contributed by atoms with van der Waals surface area (Å²) in [6, 6.07) is 12.4. The molecule has 0 saturated heterocycles. The molecule has 1 amide bonds. The quantitative estimate of drug-likeness (QED) is 0.361. The number of methoxy groups -OCH3 is 1. The fraction of sp³-hybridized carbons (Fsp3) is 0.568. The predicted molar refractivity (Wildman–Crippen MR) is 178 cm³/mol. The molecular formula is C37H46N2O5S. The molecule has 8 heteroatoms. The third-order valence-corrected chi connectivity index (χ3v) is 13.1. The van der Waals surface area contributed by atoms with Crippen molar-refractivity contribution >= 4 is 27.1 Å². The van der Waals surface area contributed by atoms with Gasteiger partial charge in [0.05, 0.1) is 33.9 Å². The van der Waals surface area contributed by atoms with Crippen molar-refractivity contribution in [2.75, 3.05) is 43.2 Å². The van der Waals surface area contributed by atoms with Gasteiger partial charge >= 0.3 is 0 Å². The number of carbonyl (C=O) groups is 2. The molecule has 5 aliphatic rings. The molecule has 7 nitrogen and oxygen atoms in total. The van der Waals surface area contributed by atoms with Crippen LogP contribution in [0.15, 0.2) is 52.9 Å². The number of rotatable bonds is 4. The van der Waals surface area contributed by atoms with Crippen LogP contribution < -0.4 is 9.64 Å². The number of aryl methyl sites for hydroxylation is 2. The van der Waals surface area contributed by atoms with E-state index in [1.165, 1.54) is 16.7 Å². The highest BCUT2D eigenvalue weighted by Gasteiger charge is 2.44. The molecular weight excluding hydrogens is 584 g/mol. The van der Waals surface area contributed by atoms with Gasteiger partial charge in [-0.3, -0.25) is 9.59 Å². The van der Waals surface area contributed by atoms with Crippen LogP contribution in [0.2, 0.25) is 0 Å². The third kappa shape index (κ3) is 6.25. The summed E-state index contributed by atoms with van der Waals surface area (Å²) in [4.78, 5) is 29.0. The molecule has 240 valence electrons. The minimum Gasteiger partial charge on any atom is -0.490 e. The molecule has 7 rings (SSSR count). The van der Waals surface area contributed by atoms with Crippen molar-refractivity contribution in [2.45, 2.75) is 76.2 Å². The smallest absolute Gasteiger partial charge is 0.285 e. The fourth-order valence-electron chi connectivity index (χ4n) is 8.10. The highest BCUT2D eigenvalue weighted by Crippen LogP contribution is 2.47. The molecule has 2 bridgehead atoms. The van der Waals surface area contributed by atoms with Crippen molar-refractivity contribution in [1.29, 1.82) is 0 Å². The van der Waals surface area contributed by atoms with E-state index in [4.69, 9.17) is 9.47 Å². The lowest BCUT2D eigenvalue weighted by molar-refractivity contribution is -0.117. The number of ketones is 1. The highest BCUT2D eigenvalue weighted by atomic mass is 32.2. The van der Waals surface area contributed by atoms with Crippen molar-refractivity contribution in [1.82, 2.24) is 0 Å². The number of hydrogen-bond donors (Lipinski definition) is 0. The normalized spacial score (nSPS) is 32.3. The summed E-state index contributed by atoms with van der Waals surface area (Å²) in [5.74, 6) is 1.17. The van der Waals surface area contributed by atoms with Gasteiger partial charge in [-0.25, -0.2) is 4.21 Å². The van der Waals surface area contributed by atoms with Gasteiger partial charge < -0.3 is 14.4 Å². The second kappa shape index (κ2) is 12.3. The number of ether oxygens (including phenoxy) is 2. The molecule has 0 aromatic heterocycles. The molecule has 45 heavy (non-hydrogen) atoms. The monoisotopic (exact) mass is 630 g/mol. The Labute approximate surface area is 267 Å². The molecule has 2 heterocycles. The molecule has 3 aliphatic carbocycles. The lowest BCUT2D eigenvalue weighted by atomic mass is 9.68. The SMILES string of the molecule is CO[C@H]1/C=C/CCC[S@@](=O)(CC(=O)C2CC2)=NC(=O)c2ccc3c(c2)N(C[C@@H]2CC[C@H]21)C[C@@]1(CCCc2cc(C)ccc21)CO3. The van der Waals surface area contributed by atoms with Crippen molar-refractivity contribution in [3.63, 3.8) is 0 Å². The van der Waals surface area contributed by atoms with E-state index in [9.17, 15) is 13.8 Å². The molecule has 0 unspecified atom stereocenters. The average molecular weight is 631 g/mol. The zero-order chi connectivity index (χ0) is 31.2. The molecule has 0 N–H and O–H groups in total. The maximum atomic E-state index is 14.1. The topological polar surface area (TPSA) is 85.3 Å². The number of hydrogen-bond acceptors (Lipinski definition) is 6. The Kier molecular flexibility index (Phi) is 8.40. The molecule has 2 aliphatic heterocycles. The Morgan fingerprint density at radius 1 is 1.13 bits per heavy atom. The summed E-state index contributed by atoms with van der Waals surface area (Å²) in [7, 11) is -1.24. The van der Waals surface area contributed by atoms with Crippen LogP contribution in [0.3, 0.4) is 0 Å². The first-order valence-corrected chi connectivity index (χ1v) is 18.7. The van der Waals surface area contributed by atoms with Gasteiger partial charge in [0.15, 0.2) is 0 Å². The number of allylic oxidation sites excluding steroid dienone is 1. The van der Waals surface area contributed by atoms with Crippen molar-refractivity contribution in [3.05, 3.63) is 70.8 Å². The molecule has 2 saturated carbocycles. The zero-order valence-corrected chi connectivity index (χ0v) is 27.5. The van der Waals surface area contributed by atoms with Crippen molar-refractivity contribution in [3.8, 4) is 5.75 Å². The maximum Gasteiger partial charge on any atom is 0.285 e. The minimum absolute atomic E-state index is 0.0186. The summed E-state index contributed by atoms with van der Waals surface area (Å²) in [6.07, 6.45) is 12.8. The summed E-state index contributed by atoms with van der Waals surface area (Å²) < 4.78 is 31.1. The first kappa shape index (κ1) is 30.7. The number of carbonyl (C=O) groups excluding carboxylic acids is 2. The van der Waals surface area contributed by atoms with Crippen molar-refractivity contribution < 1.29 is 23.3 Å².